The summed E-state index contributed by atoms with van der Waals surface area (Å²) in [6.07, 6.45) is 12.7. The Morgan fingerprint density at radius 1 is 1.15 bits per heavy atom. The van der Waals surface area contributed by atoms with Crippen molar-refractivity contribution in [3.8, 4) is 11.1 Å². The van der Waals surface area contributed by atoms with Crippen LogP contribution in [0.5, 0.6) is 0 Å². The summed E-state index contributed by atoms with van der Waals surface area (Å²) in [6.45, 7) is 0.762. The van der Waals surface area contributed by atoms with Crippen LogP contribution in [0.15, 0.2) is 47.7 Å². The Hall–Kier alpha value is -3.23. The first-order chi connectivity index (χ1) is 16.2. The van der Waals surface area contributed by atoms with Crippen molar-refractivity contribution in [1.82, 2.24) is 24.1 Å². The highest BCUT2D eigenvalue weighted by Crippen LogP contribution is 2.28. The van der Waals surface area contributed by atoms with Gasteiger partial charge < -0.3 is 14.8 Å². The summed E-state index contributed by atoms with van der Waals surface area (Å²) < 4.78 is 9.42. The zero-order valence-electron chi connectivity index (χ0n) is 18.4. The second-order valence-corrected chi connectivity index (χ2v) is 9.06. The molecule has 2 N–H and O–H groups in total. The van der Waals surface area contributed by atoms with Gasteiger partial charge in [-0.3, -0.25) is 4.57 Å². The maximum Gasteiger partial charge on any atom is 0.334 e. The minimum atomic E-state index is -0.421. The molecule has 0 amide bonds. The standard InChI is InChI=1S/C25H27N5O3/c31-20-6-7-21(33-15-20)14-29-22-11-18(17-10-16-8-9-26-23(16)27-12-17)13-28-24(22)30(25(29)32)19-4-2-1-3-5-19/h4,8-13,20-21,31H,1-3,5-7,14-15H2,(H,26,27). The SMILES string of the molecule is O=c1n(CC2CCC(O)CO2)c2cc(-c3cnc4[nH]ccc4c3)cnc2n1C1=CCCCC1. The zero-order chi connectivity index (χ0) is 22.4. The second-order valence-electron chi connectivity index (χ2n) is 9.06. The number of aliphatic hydroxyl groups excluding tert-OH is 1. The molecule has 2 atom stereocenters. The molecular formula is C25H27N5O3. The van der Waals surface area contributed by atoms with Crippen LogP contribution in [0, 0.1) is 0 Å². The Morgan fingerprint density at radius 3 is 2.85 bits per heavy atom. The minimum Gasteiger partial charge on any atom is -0.391 e. The molecule has 1 aliphatic carbocycles. The molecule has 4 aromatic rings. The number of fused-ring (bicyclic) bond motifs is 2. The molecule has 4 aromatic heterocycles. The number of aromatic nitrogens is 5. The number of hydrogen-bond donors (Lipinski definition) is 2. The van der Waals surface area contributed by atoms with Crippen LogP contribution >= 0.6 is 0 Å². The highest BCUT2D eigenvalue weighted by molar-refractivity contribution is 5.85. The summed E-state index contributed by atoms with van der Waals surface area (Å²) in [5.74, 6) is 0. The summed E-state index contributed by atoms with van der Waals surface area (Å²) >= 11 is 0. The van der Waals surface area contributed by atoms with Gasteiger partial charge in [0.05, 0.1) is 30.9 Å². The van der Waals surface area contributed by atoms with Crippen molar-refractivity contribution >= 4 is 27.9 Å². The van der Waals surface area contributed by atoms with E-state index in [2.05, 4.69) is 22.1 Å². The molecule has 1 aliphatic heterocycles. The fourth-order valence-electron chi connectivity index (χ4n) is 4.99. The molecule has 8 nitrogen and oxygen atoms in total. The van der Waals surface area contributed by atoms with Crippen LogP contribution in [0.2, 0.25) is 0 Å². The highest BCUT2D eigenvalue weighted by Gasteiger charge is 2.25. The van der Waals surface area contributed by atoms with E-state index in [1.807, 2.05) is 30.7 Å². The van der Waals surface area contributed by atoms with Gasteiger partial charge in [-0.2, -0.15) is 0 Å². The fourth-order valence-corrected chi connectivity index (χ4v) is 4.99. The summed E-state index contributed by atoms with van der Waals surface area (Å²) in [6, 6.07) is 6.11. The van der Waals surface area contributed by atoms with E-state index in [-0.39, 0.29) is 11.8 Å². The van der Waals surface area contributed by atoms with Crippen molar-refractivity contribution < 1.29 is 9.84 Å². The van der Waals surface area contributed by atoms with E-state index in [0.717, 1.165) is 65.5 Å². The lowest BCUT2D eigenvalue weighted by molar-refractivity contribution is -0.0609. The lowest BCUT2D eigenvalue weighted by Crippen LogP contribution is -2.35. The van der Waals surface area contributed by atoms with E-state index in [0.29, 0.717) is 25.2 Å². The molecule has 5 heterocycles. The van der Waals surface area contributed by atoms with E-state index >= 15 is 0 Å². The topological polar surface area (TPSA) is 98.0 Å². The normalized spacial score (nSPS) is 21.5. The van der Waals surface area contributed by atoms with Gasteiger partial charge in [-0.1, -0.05) is 6.08 Å². The van der Waals surface area contributed by atoms with E-state index in [4.69, 9.17) is 9.72 Å². The van der Waals surface area contributed by atoms with Crippen molar-refractivity contribution in [1.29, 1.82) is 0 Å². The summed E-state index contributed by atoms with van der Waals surface area (Å²) in [5.41, 5.74) is 5.16. The Balaban J connectivity index is 1.48. The summed E-state index contributed by atoms with van der Waals surface area (Å²) in [4.78, 5) is 26.0. The Bertz CT molecular complexity index is 1400. The van der Waals surface area contributed by atoms with Crippen LogP contribution in [0.4, 0.5) is 0 Å². The van der Waals surface area contributed by atoms with E-state index in [9.17, 15) is 9.90 Å². The molecule has 0 bridgehead atoms. The van der Waals surface area contributed by atoms with Crippen molar-refractivity contribution in [3.63, 3.8) is 0 Å². The molecule has 2 aliphatic rings. The van der Waals surface area contributed by atoms with Gasteiger partial charge in [0, 0.05) is 40.8 Å². The van der Waals surface area contributed by atoms with Gasteiger partial charge in [0.1, 0.15) is 5.65 Å². The number of aromatic amines is 1. The third kappa shape index (κ3) is 3.69. The molecule has 0 saturated carbocycles. The molecule has 8 heteroatoms. The summed E-state index contributed by atoms with van der Waals surface area (Å²) in [5, 5.41) is 10.8. The van der Waals surface area contributed by atoms with Crippen molar-refractivity contribution in [2.75, 3.05) is 6.61 Å². The van der Waals surface area contributed by atoms with Crippen LogP contribution in [-0.4, -0.2) is 48.0 Å². The molecule has 6 rings (SSSR count). The van der Waals surface area contributed by atoms with E-state index < -0.39 is 6.10 Å². The molecule has 1 fully saturated rings. The van der Waals surface area contributed by atoms with Crippen LogP contribution in [0.3, 0.4) is 0 Å². The average Bonchev–Trinajstić information content (AvgIpc) is 3.42. The molecule has 0 radical (unpaired) electrons. The molecule has 0 spiro atoms. The first kappa shape index (κ1) is 20.4. The lowest BCUT2D eigenvalue weighted by atomic mass is 10.0. The lowest BCUT2D eigenvalue weighted by Gasteiger charge is -2.26. The first-order valence-electron chi connectivity index (χ1n) is 11.7. The van der Waals surface area contributed by atoms with E-state index in [1.165, 1.54) is 0 Å². The Kier molecular flexibility index (Phi) is 5.11. The van der Waals surface area contributed by atoms with Crippen molar-refractivity contribution in [3.05, 3.63) is 53.3 Å². The molecule has 170 valence electrons. The monoisotopic (exact) mass is 445 g/mol. The molecule has 2 unspecified atom stereocenters. The maximum absolute atomic E-state index is 13.6. The number of rotatable bonds is 4. The van der Waals surface area contributed by atoms with Crippen LogP contribution in [-0.2, 0) is 11.3 Å². The Labute approximate surface area is 190 Å². The number of aliphatic hydroxyl groups is 1. The van der Waals surface area contributed by atoms with Crippen LogP contribution in [0.25, 0.3) is 39.0 Å². The van der Waals surface area contributed by atoms with Gasteiger partial charge in [-0.25, -0.2) is 19.3 Å². The van der Waals surface area contributed by atoms with Gasteiger partial charge in [0.15, 0.2) is 5.65 Å². The fraction of sp³-hybridized carbons (Fsp3) is 0.400. The smallest absolute Gasteiger partial charge is 0.334 e. The quantitative estimate of drug-likeness (QED) is 0.499. The largest absolute Gasteiger partial charge is 0.391 e. The number of nitrogens with zero attached hydrogens (tertiary/aromatic N) is 4. The second kappa shape index (κ2) is 8.28. The van der Waals surface area contributed by atoms with Crippen molar-refractivity contribution in [2.45, 2.75) is 57.3 Å². The van der Waals surface area contributed by atoms with Gasteiger partial charge in [0.25, 0.3) is 0 Å². The number of pyridine rings is 2. The highest BCUT2D eigenvalue weighted by atomic mass is 16.5. The number of ether oxygens (including phenoxy) is 1. The number of H-pyrrole nitrogens is 1. The number of nitrogens with one attached hydrogen (secondary N) is 1. The summed E-state index contributed by atoms with van der Waals surface area (Å²) in [7, 11) is 0. The first-order valence-corrected chi connectivity index (χ1v) is 11.7. The molecule has 0 aromatic carbocycles. The van der Waals surface area contributed by atoms with Gasteiger partial charge in [-0.15, -0.1) is 0 Å². The molecular weight excluding hydrogens is 418 g/mol. The molecule has 33 heavy (non-hydrogen) atoms. The van der Waals surface area contributed by atoms with Gasteiger partial charge >= 0.3 is 5.69 Å². The average molecular weight is 446 g/mol. The van der Waals surface area contributed by atoms with E-state index in [1.54, 1.807) is 9.13 Å². The molecule has 1 saturated heterocycles. The van der Waals surface area contributed by atoms with Gasteiger partial charge in [0.2, 0.25) is 0 Å². The third-order valence-corrected chi connectivity index (χ3v) is 6.79. The Morgan fingerprint density at radius 2 is 2.03 bits per heavy atom. The van der Waals surface area contributed by atoms with Crippen molar-refractivity contribution in [2.24, 2.45) is 0 Å². The number of allylic oxidation sites excluding steroid dienone is 2. The minimum absolute atomic E-state index is 0.0725. The zero-order valence-corrected chi connectivity index (χ0v) is 18.4. The predicted octanol–water partition coefficient (Wildman–Crippen LogP) is 3.70. The number of hydrogen-bond acceptors (Lipinski definition) is 5. The van der Waals surface area contributed by atoms with Gasteiger partial charge in [-0.05, 0) is 56.7 Å². The third-order valence-electron chi connectivity index (χ3n) is 6.79. The van der Waals surface area contributed by atoms with Crippen LogP contribution < -0.4 is 5.69 Å². The number of imidazole rings is 1. The predicted molar refractivity (Wildman–Crippen MR) is 127 cm³/mol. The van der Waals surface area contributed by atoms with Crippen LogP contribution in [0.1, 0.15) is 38.5 Å². The maximum atomic E-state index is 13.6.